The molecule has 3 nitrogen and oxygen atoms in total. The van der Waals surface area contributed by atoms with Gasteiger partial charge in [0.25, 0.3) is 0 Å². The average Bonchev–Trinajstić information content (AvgIpc) is 2.25. The molecule has 0 amide bonds. The third-order valence-electron chi connectivity index (χ3n) is 1.95. The Bertz CT molecular complexity index is 478. The molecule has 0 spiro atoms. The lowest BCUT2D eigenvalue weighted by Gasteiger charge is -2.20. The smallest absolute Gasteiger partial charge is 0.456 e. The first-order valence-corrected chi connectivity index (χ1v) is 4.54. The Morgan fingerprint density at radius 1 is 1.22 bits per heavy atom. The highest BCUT2D eigenvalue weighted by Gasteiger charge is 2.58. The summed E-state index contributed by atoms with van der Waals surface area (Å²) < 4.78 is 65.1. The van der Waals surface area contributed by atoms with Gasteiger partial charge in [-0.1, -0.05) is 0 Å². The zero-order valence-corrected chi connectivity index (χ0v) is 8.76. The van der Waals surface area contributed by atoms with Crippen LogP contribution < -0.4 is 10.5 Å². The van der Waals surface area contributed by atoms with Crippen molar-refractivity contribution in [3.8, 4) is 11.8 Å². The second kappa shape index (κ2) is 4.68. The van der Waals surface area contributed by atoms with Gasteiger partial charge < -0.3 is 10.5 Å². The third-order valence-corrected chi connectivity index (χ3v) is 1.95. The Balaban J connectivity index is 2.85. The van der Waals surface area contributed by atoms with Crippen LogP contribution in [0.2, 0.25) is 0 Å². The van der Waals surface area contributed by atoms with Crippen molar-refractivity contribution in [1.29, 1.82) is 5.26 Å². The number of halogens is 5. The lowest BCUT2D eigenvalue weighted by atomic mass is 10.2. The van der Waals surface area contributed by atoms with Gasteiger partial charge in [0.05, 0.1) is 5.56 Å². The van der Waals surface area contributed by atoms with Crippen molar-refractivity contribution >= 4 is 5.69 Å². The van der Waals surface area contributed by atoms with Crippen LogP contribution in [0.5, 0.6) is 5.75 Å². The second-order valence-electron chi connectivity index (χ2n) is 3.36. The van der Waals surface area contributed by atoms with Crippen LogP contribution in [-0.4, -0.2) is 18.7 Å². The van der Waals surface area contributed by atoms with Crippen LogP contribution in [0.1, 0.15) is 5.56 Å². The minimum Gasteiger partial charge on any atom is -0.486 e. The van der Waals surface area contributed by atoms with Crippen molar-refractivity contribution in [2.45, 2.75) is 12.1 Å². The number of nitrogen functional groups attached to an aromatic ring is 1. The summed E-state index contributed by atoms with van der Waals surface area (Å²) in [5.41, 5.74) is 5.27. The fourth-order valence-electron chi connectivity index (χ4n) is 1.01. The largest absolute Gasteiger partial charge is 0.486 e. The summed E-state index contributed by atoms with van der Waals surface area (Å²) in [4.78, 5) is 0. The quantitative estimate of drug-likeness (QED) is 0.676. The van der Waals surface area contributed by atoms with E-state index in [-0.39, 0.29) is 17.0 Å². The van der Waals surface area contributed by atoms with Gasteiger partial charge in [-0.2, -0.15) is 27.2 Å². The Morgan fingerprint density at radius 2 is 1.83 bits per heavy atom. The van der Waals surface area contributed by atoms with Crippen LogP contribution in [0, 0.1) is 11.3 Å². The van der Waals surface area contributed by atoms with Crippen LogP contribution in [0.3, 0.4) is 0 Å². The maximum atomic E-state index is 12.6. The van der Waals surface area contributed by atoms with Crippen LogP contribution >= 0.6 is 0 Å². The predicted molar refractivity (Wildman–Crippen MR) is 52.1 cm³/mol. The van der Waals surface area contributed by atoms with E-state index in [1.54, 1.807) is 6.07 Å². The summed E-state index contributed by atoms with van der Waals surface area (Å²) in [5, 5.41) is 8.64. The molecule has 0 fully saturated rings. The number of alkyl halides is 5. The zero-order chi connectivity index (χ0) is 14.0. The van der Waals surface area contributed by atoms with Crippen LogP contribution in [0.15, 0.2) is 18.2 Å². The first-order valence-electron chi connectivity index (χ1n) is 4.54. The summed E-state index contributed by atoms with van der Waals surface area (Å²) in [5.74, 6) is -5.36. The zero-order valence-electron chi connectivity index (χ0n) is 8.76. The van der Waals surface area contributed by atoms with Gasteiger partial charge in [0, 0.05) is 5.69 Å². The monoisotopic (exact) mass is 266 g/mol. The minimum atomic E-state index is -5.70. The van der Waals surface area contributed by atoms with E-state index in [1.165, 1.54) is 6.07 Å². The molecule has 0 aliphatic heterocycles. The summed E-state index contributed by atoms with van der Waals surface area (Å²) in [6.45, 7) is -1.89. The lowest BCUT2D eigenvalue weighted by Crippen LogP contribution is -2.41. The van der Waals surface area contributed by atoms with E-state index >= 15 is 0 Å². The van der Waals surface area contributed by atoms with E-state index in [2.05, 4.69) is 4.74 Å². The van der Waals surface area contributed by atoms with Gasteiger partial charge in [0.1, 0.15) is 11.8 Å². The Labute approximate surface area is 98.6 Å². The van der Waals surface area contributed by atoms with Gasteiger partial charge in [-0.3, -0.25) is 0 Å². The van der Waals surface area contributed by atoms with E-state index in [9.17, 15) is 22.0 Å². The number of benzene rings is 1. The highest BCUT2D eigenvalue weighted by molar-refractivity contribution is 5.53. The van der Waals surface area contributed by atoms with Gasteiger partial charge >= 0.3 is 12.1 Å². The van der Waals surface area contributed by atoms with Gasteiger partial charge in [0.2, 0.25) is 0 Å². The lowest BCUT2D eigenvalue weighted by molar-refractivity contribution is -0.290. The van der Waals surface area contributed by atoms with Gasteiger partial charge in [0.15, 0.2) is 6.61 Å². The van der Waals surface area contributed by atoms with E-state index in [0.29, 0.717) is 0 Å². The van der Waals surface area contributed by atoms with E-state index in [4.69, 9.17) is 11.0 Å². The number of hydrogen-bond acceptors (Lipinski definition) is 3. The molecule has 0 unspecified atom stereocenters. The van der Waals surface area contributed by atoms with Crippen LogP contribution in [0.25, 0.3) is 0 Å². The van der Waals surface area contributed by atoms with Crippen molar-refractivity contribution in [3.05, 3.63) is 23.8 Å². The molecule has 0 bridgehead atoms. The summed E-state index contributed by atoms with van der Waals surface area (Å²) in [6, 6.07) is 4.97. The van der Waals surface area contributed by atoms with E-state index in [0.717, 1.165) is 12.1 Å². The molecule has 1 aromatic carbocycles. The molecule has 0 aliphatic carbocycles. The highest BCUT2D eigenvalue weighted by Crippen LogP contribution is 2.36. The average molecular weight is 266 g/mol. The van der Waals surface area contributed by atoms with Crippen molar-refractivity contribution in [3.63, 3.8) is 0 Å². The van der Waals surface area contributed by atoms with Crippen molar-refractivity contribution < 1.29 is 26.7 Å². The van der Waals surface area contributed by atoms with Crippen LogP contribution in [0.4, 0.5) is 27.6 Å². The molecule has 0 radical (unpaired) electrons. The number of hydrogen-bond donors (Lipinski definition) is 1. The SMILES string of the molecule is N#Cc1cc(N)ccc1OCC(F)(F)C(F)(F)F. The minimum absolute atomic E-state index is 0.168. The molecule has 0 saturated carbocycles. The first-order chi connectivity index (χ1) is 8.17. The fourth-order valence-corrected chi connectivity index (χ4v) is 1.01. The Hall–Kier alpha value is -2.04. The molecule has 98 valence electrons. The summed E-state index contributed by atoms with van der Waals surface area (Å²) in [7, 11) is 0. The van der Waals surface area contributed by atoms with Gasteiger partial charge in [-0.25, -0.2) is 0 Å². The molecule has 0 saturated heterocycles. The molecule has 2 N–H and O–H groups in total. The molecule has 0 aromatic heterocycles. The molecule has 18 heavy (non-hydrogen) atoms. The number of nitrogens with zero attached hydrogens (tertiary/aromatic N) is 1. The molecular formula is C10H7F5N2O. The van der Waals surface area contributed by atoms with Gasteiger partial charge in [-0.15, -0.1) is 0 Å². The number of nitrogens with two attached hydrogens (primary N) is 1. The van der Waals surface area contributed by atoms with Gasteiger partial charge in [-0.05, 0) is 18.2 Å². The normalized spacial score (nSPS) is 12.0. The molecule has 1 rings (SSSR count). The molecular weight excluding hydrogens is 259 g/mol. The van der Waals surface area contributed by atoms with Crippen LogP contribution in [-0.2, 0) is 0 Å². The number of rotatable bonds is 3. The molecule has 8 heteroatoms. The number of ether oxygens (including phenoxy) is 1. The van der Waals surface area contributed by atoms with Crippen molar-refractivity contribution in [2.75, 3.05) is 12.3 Å². The van der Waals surface area contributed by atoms with Crippen molar-refractivity contribution in [1.82, 2.24) is 0 Å². The summed E-state index contributed by atoms with van der Waals surface area (Å²) in [6.07, 6.45) is -5.70. The maximum absolute atomic E-state index is 12.6. The first kappa shape index (κ1) is 14.0. The standard InChI is InChI=1S/C10H7F5N2O/c11-9(12,10(13,14)15)5-18-8-2-1-7(17)3-6(8)4-16/h1-3H,5,17H2. The Morgan fingerprint density at radius 3 is 2.33 bits per heavy atom. The molecule has 0 heterocycles. The summed E-state index contributed by atoms with van der Waals surface area (Å²) >= 11 is 0. The fraction of sp³-hybridized carbons (Fsp3) is 0.300. The second-order valence-corrected chi connectivity index (χ2v) is 3.36. The molecule has 0 aliphatic rings. The van der Waals surface area contributed by atoms with E-state index < -0.39 is 18.7 Å². The maximum Gasteiger partial charge on any atom is 0.456 e. The third kappa shape index (κ3) is 3.00. The predicted octanol–water partition coefficient (Wildman–Crippen LogP) is 2.72. The number of anilines is 1. The highest BCUT2D eigenvalue weighted by atomic mass is 19.4. The van der Waals surface area contributed by atoms with Crippen molar-refractivity contribution in [2.24, 2.45) is 0 Å². The van der Waals surface area contributed by atoms with E-state index in [1.807, 2.05) is 0 Å². The Kier molecular flexibility index (Phi) is 3.65. The number of nitriles is 1. The topological polar surface area (TPSA) is 59.0 Å². The molecule has 0 atom stereocenters. The molecule has 1 aromatic rings.